The second-order valence-electron chi connectivity index (χ2n) is 10.9. The zero-order valence-corrected chi connectivity index (χ0v) is 22.7. The van der Waals surface area contributed by atoms with Crippen molar-refractivity contribution in [1.82, 2.24) is 9.97 Å². The quantitative estimate of drug-likeness (QED) is 0.493. The van der Waals surface area contributed by atoms with Crippen LogP contribution >= 0.6 is 0 Å². The summed E-state index contributed by atoms with van der Waals surface area (Å²) < 4.78 is 32.9. The Balaban J connectivity index is 1.33. The topological polar surface area (TPSA) is 60.0 Å². The first-order chi connectivity index (χ1) is 16.6. The zero-order chi connectivity index (χ0) is 25.1. The number of hydrogen-bond acceptors (Lipinski definition) is 7. The highest BCUT2D eigenvalue weighted by molar-refractivity contribution is 6.74. The molecule has 2 aromatic rings. The molecule has 0 bridgehead atoms. The number of piperazine rings is 1. The summed E-state index contributed by atoms with van der Waals surface area (Å²) in [5.74, 6) is -0.169. The first kappa shape index (κ1) is 25.8. The van der Waals surface area contributed by atoms with Gasteiger partial charge in [-0.05, 0) is 24.2 Å². The van der Waals surface area contributed by atoms with Crippen LogP contribution in [0.1, 0.15) is 39.2 Å². The molecule has 1 aromatic heterocycles. The van der Waals surface area contributed by atoms with E-state index in [1.807, 2.05) is 30.6 Å². The predicted molar refractivity (Wildman–Crippen MR) is 139 cm³/mol. The molecule has 0 N–H and O–H groups in total. The molecule has 2 fully saturated rings. The van der Waals surface area contributed by atoms with Gasteiger partial charge in [-0.25, -0.2) is 14.4 Å². The minimum Gasteiger partial charge on any atom is -0.460 e. The summed E-state index contributed by atoms with van der Waals surface area (Å²) in [5, 5.41) is 0.0935. The predicted octanol–water partition coefficient (Wildman–Crippen LogP) is 5.02. The summed E-state index contributed by atoms with van der Waals surface area (Å²) >= 11 is 0. The van der Waals surface area contributed by atoms with E-state index >= 15 is 4.39 Å². The lowest BCUT2D eigenvalue weighted by molar-refractivity contribution is 0.0217. The van der Waals surface area contributed by atoms with E-state index in [9.17, 15) is 0 Å². The molecule has 0 radical (unpaired) electrons. The largest absolute Gasteiger partial charge is 0.460 e. The van der Waals surface area contributed by atoms with Gasteiger partial charge in [-0.3, -0.25) is 0 Å². The average molecular weight is 503 g/mol. The number of anilines is 2. The Hall–Kier alpha value is -2.23. The number of benzene rings is 1. The molecular weight excluding hydrogens is 463 g/mol. The third-order valence-electron chi connectivity index (χ3n) is 7.49. The van der Waals surface area contributed by atoms with Crippen LogP contribution in [0.5, 0.6) is 6.01 Å². The van der Waals surface area contributed by atoms with Crippen molar-refractivity contribution < 1.29 is 18.3 Å². The van der Waals surface area contributed by atoms with Gasteiger partial charge >= 0.3 is 6.01 Å². The number of halogens is 1. The Morgan fingerprint density at radius 1 is 1.03 bits per heavy atom. The number of aromatic nitrogens is 2. The van der Waals surface area contributed by atoms with Crippen LogP contribution in [0.3, 0.4) is 0 Å². The smallest absolute Gasteiger partial charge is 0.316 e. The van der Waals surface area contributed by atoms with Gasteiger partial charge in [-0.1, -0.05) is 32.9 Å². The highest BCUT2D eigenvalue weighted by Gasteiger charge is 2.37. The molecule has 3 heterocycles. The fourth-order valence-electron chi connectivity index (χ4n) is 4.08. The minimum absolute atomic E-state index is 0.0935. The Morgan fingerprint density at radius 2 is 1.66 bits per heavy atom. The summed E-state index contributed by atoms with van der Waals surface area (Å²) in [6.07, 6.45) is 5.49. The molecule has 192 valence electrons. The SMILES string of the molecule is CC(C)(C)[Si](C)(C)OCc1cccc(N2CCN(c3cnc(OC4CCOCC4)nc3)CC2)c1F. The van der Waals surface area contributed by atoms with Gasteiger partial charge in [0, 0.05) is 44.6 Å². The fourth-order valence-corrected chi connectivity index (χ4v) is 5.03. The first-order valence-electron chi connectivity index (χ1n) is 12.6. The third kappa shape index (κ3) is 6.31. The second-order valence-corrected chi connectivity index (χ2v) is 15.7. The van der Waals surface area contributed by atoms with Crippen LogP contribution in [0.4, 0.5) is 15.8 Å². The summed E-state index contributed by atoms with van der Waals surface area (Å²) in [6, 6.07) is 6.05. The van der Waals surface area contributed by atoms with Gasteiger partial charge in [0.25, 0.3) is 0 Å². The molecule has 4 rings (SSSR count). The third-order valence-corrected chi connectivity index (χ3v) is 12.0. The molecule has 2 aliphatic rings. The van der Waals surface area contributed by atoms with Crippen molar-refractivity contribution in [3.05, 3.63) is 42.0 Å². The van der Waals surface area contributed by atoms with Crippen molar-refractivity contribution in [3.63, 3.8) is 0 Å². The van der Waals surface area contributed by atoms with Crippen molar-refractivity contribution in [2.45, 2.75) is 64.5 Å². The highest BCUT2D eigenvalue weighted by Crippen LogP contribution is 2.37. The molecule has 0 unspecified atom stereocenters. The first-order valence-corrected chi connectivity index (χ1v) is 15.5. The molecule has 7 nitrogen and oxygen atoms in total. The van der Waals surface area contributed by atoms with Crippen LogP contribution < -0.4 is 14.5 Å². The van der Waals surface area contributed by atoms with Crippen LogP contribution in [-0.4, -0.2) is 63.8 Å². The van der Waals surface area contributed by atoms with E-state index in [1.54, 1.807) is 0 Å². The van der Waals surface area contributed by atoms with Crippen LogP contribution in [-0.2, 0) is 15.8 Å². The monoisotopic (exact) mass is 502 g/mol. The van der Waals surface area contributed by atoms with Crippen molar-refractivity contribution in [2.75, 3.05) is 49.2 Å². The van der Waals surface area contributed by atoms with Gasteiger partial charge in [0.05, 0.1) is 43.6 Å². The molecular formula is C26H39FN4O3Si. The van der Waals surface area contributed by atoms with Crippen LogP contribution in [0.25, 0.3) is 0 Å². The minimum atomic E-state index is -1.94. The van der Waals surface area contributed by atoms with Crippen molar-refractivity contribution in [1.29, 1.82) is 0 Å². The molecule has 1 aromatic carbocycles. The van der Waals surface area contributed by atoms with Crippen LogP contribution in [0, 0.1) is 5.82 Å². The number of rotatable bonds is 7. The van der Waals surface area contributed by atoms with Crippen molar-refractivity contribution in [2.24, 2.45) is 0 Å². The second kappa shape index (κ2) is 10.8. The van der Waals surface area contributed by atoms with E-state index in [0.29, 0.717) is 23.9 Å². The lowest BCUT2D eigenvalue weighted by Crippen LogP contribution is -2.47. The lowest BCUT2D eigenvalue weighted by Gasteiger charge is -2.38. The molecule has 0 atom stereocenters. The molecule has 2 aliphatic heterocycles. The van der Waals surface area contributed by atoms with Gasteiger partial charge in [0.15, 0.2) is 14.1 Å². The maximum atomic E-state index is 15.4. The Kier molecular flexibility index (Phi) is 7.98. The van der Waals surface area contributed by atoms with E-state index in [-0.39, 0.29) is 17.0 Å². The maximum absolute atomic E-state index is 15.4. The molecule has 0 spiro atoms. The zero-order valence-electron chi connectivity index (χ0n) is 21.7. The Bertz CT molecular complexity index is 970. The van der Waals surface area contributed by atoms with Gasteiger partial charge < -0.3 is 23.7 Å². The lowest BCUT2D eigenvalue weighted by atomic mass is 10.1. The summed E-state index contributed by atoms with van der Waals surface area (Å²) in [5.41, 5.74) is 2.24. The van der Waals surface area contributed by atoms with E-state index < -0.39 is 8.32 Å². The van der Waals surface area contributed by atoms with E-state index in [1.165, 1.54) is 0 Å². The normalized spacial score (nSPS) is 18.1. The van der Waals surface area contributed by atoms with Gasteiger partial charge in [0.1, 0.15) is 6.10 Å². The molecule has 0 saturated carbocycles. The van der Waals surface area contributed by atoms with E-state index in [4.69, 9.17) is 13.9 Å². The van der Waals surface area contributed by atoms with Crippen LogP contribution in [0.15, 0.2) is 30.6 Å². The van der Waals surface area contributed by atoms with Gasteiger partial charge in [-0.2, -0.15) is 0 Å². The van der Waals surface area contributed by atoms with Gasteiger partial charge in [0.2, 0.25) is 0 Å². The Morgan fingerprint density at radius 3 is 2.29 bits per heavy atom. The van der Waals surface area contributed by atoms with Gasteiger partial charge in [-0.15, -0.1) is 0 Å². The van der Waals surface area contributed by atoms with Crippen molar-refractivity contribution >= 4 is 19.7 Å². The summed E-state index contributed by atoms with van der Waals surface area (Å²) in [6.45, 7) is 15.7. The maximum Gasteiger partial charge on any atom is 0.316 e. The number of ether oxygens (including phenoxy) is 2. The summed E-state index contributed by atoms with van der Waals surface area (Å²) in [4.78, 5) is 13.2. The molecule has 9 heteroatoms. The fraction of sp³-hybridized carbons (Fsp3) is 0.615. The Labute approximate surface area is 209 Å². The molecule has 2 saturated heterocycles. The number of nitrogens with zero attached hydrogens (tertiary/aromatic N) is 4. The highest BCUT2D eigenvalue weighted by atomic mass is 28.4. The summed E-state index contributed by atoms with van der Waals surface area (Å²) in [7, 11) is -1.94. The van der Waals surface area contributed by atoms with Crippen molar-refractivity contribution in [3.8, 4) is 6.01 Å². The van der Waals surface area contributed by atoms with E-state index in [0.717, 1.165) is 57.9 Å². The molecule has 35 heavy (non-hydrogen) atoms. The molecule has 0 amide bonds. The van der Waals surface area contributed by atoms with E-state index in [2.05, 4.69) is 53.6 Å². The standard InChI is InChI=1S/C26H39FN4O3Si/c1-26(2,3)35(4,5)33-19-20-7-6-8-23(24(20)27)31-13-11-30(12-14-31)21-17-28-25(29-18-21)34-22-9-15-32-16-10-22/h6-8,17-18,22H,9-16,19H2,1-5H3. The van der Waals surface area contributed by atoms with Crippen LogP contribution in [0.2, 0.25) is 18.1 Å². The number of hydrogen-bond donors (Lipinski definition) is 0. The molecule has 0 aliphatic carbocycles. The average Bonchev–Trinajstić information content (AvgIpc) is 2.84.